The van der Waals surface area contributed by atoms with Crippen molar-refractivity contribution in [2.45, 2.75) is 6.92 Å². The van der Waals surface area contributed by atoms with Crippen LogP contribution in [0.4, 0.5) is 0 Å². The molecule has 0 heterocycles. The standard InChI is InChI=1S/C11H15NO3/c1-8-7-9(15-6-5-12)3-4-10(8)11(13)14-2/h3-4,7H,5-6,12H2,1-2H3. The molecule has 1 rings (SSSR count). The number of methoxy groups -OCH3 is 1. The molecule has 4 heteroatoms. The van der Waals surface area contributed by atoms with Crippen LogP contribution in [0.2, 0.25) is 0 Å². The van der Waals surface area contributed by atoms with Crippen LogP contribution >= 0.6 is 0 Å². The van der Waals surface area contributed by atoms with Gasteiger partial charge in [-0.25, -0.2) is 4.79 Å². The Morgan fingerprint density at radius 3 is 2.73 bits per heavy atom. The van der Waals surface area contributed by atoms with Crippen LogP contribution in [0.25, 0.3) is 0 Å². The van der Waals surface area contributed by atoms with Crippen LogP contribution in [0, 0.1) is 6.92 Å². The lowest BCUT2D eigenvalue weighted by molar-refractivity contribution is 0.0600. The van der Waals surface area contributed by atoms with Crippen molar-refractivity contribution in [2.75, 3.05) is 20.3 Å². The maximum atomic E-state index is 11.3. The van der Waals surface area contributed by atoms with Gasteiger partial charge in [-0.05, 0) is 30.7 Å². The minimum absolute atomic E-state index is 0.335. The maximum Gasteiger partial charge on any atom is 0.338 e. The van der Waals surface area contributed by atoms with Crippen LogP contribution in [0.1, 0.15) is 15.9 Å². The second kappa shape index (κ2) is 5.36. The van der Waals surface area contributed by atoms with E-state index in [1.54, 1.807) is 18.2 Å². The van der Waals surface area contributed by atoms with Crippen molar-refractivity contribution in [3.05, 3.63) is 29.3 Å². The van der Waals surface area contributed by atoms with Gasteiger partial charge >= 0.3 is 5.97 Å². The number of aryl methyl sites for hydroxylation is 1. The summed E-state index contributed by atoms with van der Waals surface area (Å²) in [7, 11) is 1.36. The highest BCUT2D eigenvalue weighted by Crippen LogP contribution is 2.17. The molecule has 0 amide bonds. The first-order valence-electron chi connectivity index (χ1n) is 4.71. The highest BCUT2D eigenvalue weighted by Gasteiger charge is 2.09. The van der Waals surface area contributed by atoms with E-state index in [1.165, 1.54) is 7.11 Å². The van der Waals surface area contributed by atoms with E-state index in [4.69, 9.17) is 10.5 Å². The summed E-state index contributed by atoms with van der Waals surface area (Å²) in [6.45, 7) is 2.77. The normalized spacial score (nSPS) is 9.80. The molecule has 0 spiro atoms. The van der Waals surface area contributed by atoms with E-state index in [9.17, 15) is 4.79 Å². The average Bonchev–Trinajstić information content (AvgIpc) is 2.25. The van der Waals surface area contributed by atoms with Gasteiger partial charge in [0.05, 0.1) is 12.7 Å². The smallest absolute Gasteiger partial charge is 0.338 e. The number of carbonyl (C=O) groups is 1. The molecule has 0 atom stereocenters. The zero-order valence-corrected chi connectivity index (χ0v) is 8.95. The van der Waals surface area contributed by atoms with Gasteiger partial charge in [0.25, 0.3) is 0 Å². The van der Waals surface area contributed by atoms with Crippen LogP contribution < -0.4 is 10.5 Å². The van der Waals surface area contributed by atoms with Gasteiger partial charge in [0.2, 0.25) is 0 Å². The van der Waals surface area contributed by atoms with E-state index in [0.717, 1.165) is 5.56 Å². The zero-order valence-electron chi connectivity index (χ0n) is 8.95. The number of ether oxygens (including phenoxy) is 2. The molecule has 0 bridgehead atoms. The fraction of sp³-hybridized carbons (Fsp3) is 0.364. The second-order valence-electron chi connectivity index (χ2n) is 3.11. The Balaban J connectivity index is 2.83. The van der Waals surface area contributed by atoms with Crippen molar-refractivity contribution >= 4 is 5.97 Å². The van der Waals surface area contributed by atoms with E-state index >= 15 is 0 Å². The highest BCUT2D eigenvalue weighted by molar-refractivity contribution is 5.91. The summed E-state index contributed by atoms with van der Waals surface area (Å²) >= 11 is 0. The quantitative estimate of drug-likeness (QED) is 0.755. The Bertz CT molecular complexity index is 350. The van der Waals surface area contributed by atoms with Gasteiger partial charge in [-0.1, -0.05) is 0 Å². The van der Waals surface area contributed by atoms with Crippen molar-refractivity contribution < 1.29 is 14.3 Å². The molecule has 1 aromatic rings. The van der Waals surface area contributed by atoms with Crippen molar-refractivity contribution in [1.82, 2.24) is 0 Å². The Morgan fingerprint density at radius 1 is 1.47 bits per heavy atom. The summed E-state index contributed by atoms with van der Waals surface area (Å²) in [5.74, 6) is 0.378. The van der Waals surface area contributed by atoms with Crippen LogP contribution in [-0.2, 0) is 4.74 Å². The molecular weight excluding hydrogens is 194 g/mol. The van der Waals surface area contributed by atoms with Gasteiger partial charge in [0.1, 0.15) is 12.4 Å². The third kappa shape index (κ3) is 2.95. The molecule has 0 aliphatic heterocycles. The van der Waals surface area contributed by atoms with E-state index in [1.807, 2.05) is 6.92 Å². The summed E-state index contributed by atoms with van der Waals surface area (Å²) in [5, 5.41) is 0. The predicted octanol–water partition coefficient (Wildman–Crippen LogP) is 1.12. The van der Waals surface area contributed by atoms with Crippen LogP contribution in [0.3, 0.4) is 0 Å². The molecule has 82 valence electrons. The second-order valence-corrected chi connectivity index (χ2v) is 3.11. The van der Waals surface area contributed by atoms with Crippen LogP contribution in [0.15, 0.2) is 18.2 Å². The fourth-order valence-corrected chi connectivity index (χ4v) is 1.24. The topological polar surface area (TPSA) is 61.5 Å². The maximum absolute atomic E-state index is 11.3. The number of hydrogen-bond acceptors (Lipinski definition) is 4. The molecule has 0 radical (unpaired) electrons. The van der Waals surface area contributed by atoms with Crippen LogP contribution in [0.5, 0.6) is 5.75 Å². The van der Waals surface area contributed by atoms with Crippen LogP contribution in [-0.4, -0.2) is 26.2 Å². The van der Waals surface area contributed by atoms with Gasteiger partial charge in [0, 0.05) is 6.54 Å². The molecule has 0 saturated carbocycles. The number of rotatable bonds is 4. The number of carbonyl (C=O) groups excluding carboxylic acids is 1. The third-order valence-corrected chi connectivity index (χ3v) is 1.99. The Kier molecular flexibility index (Phi) is 4.12. The lowest BCUT2D eigenvalue weighted by Crippen LogP contribution is -2.11. The number of esters is 1. The Morgan fingerprint density at radius 2 is 2.20 bits per heavy atom. The third-order valence-electron chi connectivity index (χ3n) is 1.99. The summed E-state index contributed by atoms with van der Waals surface area (Å²) in [6.07, 6.45) is 0. The van der Waals surface area contributed by atoms with E-state index < -0.39 is 0 Å². The van der Waals surface area contributed by atoms with Gasteiger partial charge in [-0.2, -0.15) is 0 Å². The zero-order chi connectivity index (χ0) is 11.3. The first kappa shape index (κ1) is 11.5. The Labute approximate surface area is 89.0 Å². The summed E-state index contributed by atoms with van der Waals surface area (Å²) in [4.78, 5) is 11.3. The number of hydrogen-bond donors (Lipinski definition) is 1. The van der Waals surface area contributed by atoms with E-state index in [0.29, 0.717) is 24.5 Å². The van der Waals surface area contributed by atoms with Crippen molar-refractivity contribution in [3.63, 3.8) is 0 Å². The minimum atomic E-state index is -0.335. The largest absolute Gasteiger partial charge is 0.492 e. The fourth-order valence-electron chi connectivity index (χ4n) is 1.24. The summed E-state index contributed by atoms with van der Waals surface area (Å²) < 4.78 is 9.97. The van der Waals surface area contributed by atoms with Gasteiger partial charge in [-0.15, -0.1) is 0 Å². The molecule has 0 aromatic heterocycles. The van der Waals surface area contributed by atoms with Crippen molar-refractivity contribution in [3.8, 4) is 5.75 Å². The highest BCUT2D eigenvalue weighted by atomic mass is 16.5. The molecule has 2 N–H and O–H groups in total. The molecule has 0 aliphatic rings. The Hall–Kier alpha value is -1.55. The molecule has 0 saturated heterocycles. The van der Waals surface area contributed by atoms with E-state index in [2.05, 4.69) is 4.74 Å². The van der Waals surface area contributed by atoms with E-state index in [-0.39, 0.29) is 5.97 Å². The van der Waals surface area contributed by atoms with Gasteiger partial charge < -0.3 is 15.2 Å². The predicted molar refractivity (Wildman–Crippen MR) is 57.1 cm³/mol. The lowest BCUT2D eigenvalue weighted by atomic mass is 10.1. The molecule has 0 aliphatic carbocycles. The molecule has 1 aromatic carbocycles. The van der Waals surface area contributed by atoms with Gasteiger partial charge in [0.15, 0.2) is 0 Å². The molecule has 0 fully saturated rings. The monoisotopic (exact) mass is 209 g/mol. The summed E-state index contributed by atoms with van der Waals surface area (Å²) in [6, 6.07) is 5.21. The number of nitrogens with two attached hydrogens (primary N) is 1. The van der Waals surface area contributed by atoms with Crippen molar-refractivity contribution in [1.29, 1.82) is 0 Å². The molecule has 15 heavy (non-hydrogen) atoms. The SMILES string of the molecule is COC(=O)c1ccc(OCCN)cc1C. The van der Waals surface area contributed by atoms with Crippen molar-refractivity contribution in [2.24, 2.45) is 5.73 Å². The number of benzene rings is 1. The summed E-state index contributed by atoms with van der Waals surface area (Å²) in [5.41, 5.74) is 6.70. The average molecular weight is 209 g/mol. The first-order valence-corrected chi connectivity index (χ1v) is 4.71. The van der Waals surface area contributed by atoms with Gasteiger partial charge in [-0.3, -0.25) is 0 Å². The molecule has 0 unspecified atom stereocenters. The lowest BCUT2D eigenvalue weighted by Gasteiger charge is -2.08. The minimum Gasteiger partial charge on any atom is -0.492 e. The molecule has 4 nitrogen and oxygen atoms in total. The first-order chi connectivity index (χ1) is 7.19. The molecular formula is C11H15NO3.